The lowest BCUT2D eigenvalue weighted by Gasteiger charge is -2.13. The molecule has 1 aromatic carbocycles. The topological polar surface area (TPSA) is 75.9 Å². The molecule has 5 heteroatoms. The Labute approximate surface area is 106 Å². The maximum Gasteiger partial charge on any atom is 0.169 e. The minimum Gasteiger partial charge on any atom is -0.381 e. The fourth-order valence-electron chi connectivity index (χ4n) is 2.29. The Morgan fingerprint density at radius 2 is 2.06 bits per heavy atom. The van der Waals surface area contributed by atoms with Crippen LogP contribution in [0.2, 0.25) is 0 Å². The van der Waals surface area contributed by atoms with Gasteiger partial charge in [0.1, 0.15) is 0 Å². The molecule has 0 aliphatic carbocycles. The largest absolute Gasteiger partial charge is 0.381 e. The molecular formula is C13H17N5. The second-order valence-electron chi connectivity index (χ2n) is 4.62. The molecular weight excluding hydrogens is 226 g/mol. The Hall–Kier alpha value is -1.88. The van der Waals surface area contributed by atoms with E-state index in [-0.39, 0.29) is 0 Å². The highest BCUT2D eigenvalue weighted by atomic mass is 15.1. The van der Waals surface area contributed by atoms with Gasteiger partial charge < -0.3 is 16.4 Å². The van der Waals surface area contributed by atoms with Crippen LogP contribution in [-0.4, -0.2) is 29.1 Å². The van der Waals surface area contributed by atoms with E-state index < -0.39 is 0 Å². The minimum absolute atomic E-state index is 0.465. The van der Waals surface area contributed by atoms with Crippen LogP contribution >= 0.6 is 0 Å². The van der Waals surface area contributed by atoms with E-state index in [1.165, 1.54) is 12.8 Å². The van der Waals surface area contributed by atoms with Crippen molar-refractivity contribution in [1.29, 1.82) is 0 Å². The van der Waals surface area contributed by atoms with E-state index in [0.717, 1.165) is 24.1 Å². The average Bonchev–Trinajstić information content (AvgIpc) is 2.89. The van der Waals surface area contributed by atoms with Gasteiger partial charge in [-0.2, -0.15) is 0 Å². The lowest BCUT2D eigenvalue weighted by atomic mass is 10.2. The number of rotatable bonds is 3. The van der Waals surface area contributed by atoms with Gasteiger partial charge in [-0.15, -0.1) is 0 Å². The number of nitrogens with zero attached hydrogens (tertiary/aromatic N) is 2. The number of nitrogens with one attached hydrogen (secondary N) is 2. The SMILES string of the molecule is Nc1nc2ccccc2nc1NC[C@@H]1CCCN1. The Bertz CT molecular complexity index is 548. The van der Waals surface area contributed by atoms with E-state index in [1.54, 1.807) is 0 Å². The first-order valence-corrected chi connectivity index (χ1v) is 6.32. The Morgan fingerprint density at radius 3 is 2.78 bits per heavy atom. The van der Waals surface area contributed by atoms with Gasteiger partial charge in [-0.05, 0) is 31.5 Å². The van der Waals surface area contributed by atoms with Crippen molar-refractivity contribution >= 4 is 22.7 Å². The molecule has 1 aliphatic heterocycles. The molecule has 18 heavy (non-hydrogen) atoms. The molecule has 0 spiro atoms. The first kappa shape index (κ1) is 11.2. The summed E-state index contributed by atoms with van der Waals surface area (Å²) < 4.78 is 0. The zero-order chi connectivity index (χ0) is 12.4. The standard InChI is InChI=1S/C13H17N5/c14-12-13(16-8-9-4-3-7-15-9)18-11-6-2-1-5-10(11)17-12/h1-2,5-6,9,15H,3-4,7-8H2,(H2,14,17)(H,16,18)/t9-/m0/s1. The van der Waals surface area contributed by atoms with Crippen LogP contribution in [0.5, 0.6) is 0 Å². The summed E-state index contributed by atoms with van der Waals surface area (Å²) in [4.78, 5) is 8.86. The third-order valence-electron chi connectivity index (χ3n) is 3.28. The molecule has 1 fully saturated rings. The van der Waals surface area contributed by atoms with Crippen LogP contribution in [0.4, 0.5) is 11.6 Å². The molecule has 2 heterocycles. The molecule has 2 aromatic rings. The first-order valence-electron chi connectivity index (χ1n) is 6.32. The number of aromatic nitrogens is 2. The Morgan fingerprint density at radius 1 is 1.28 bits per heavy atom. The first-order chi connectivity index (χ1) is 8.83. The van der Waals surface area contributed by atoms with Crippen molar-refractivity contribution in [3.8, 4) is 0 Å². The van der Waals surface area contributed by atoms with Gasteiger partial charge in [-0.25, -0.2) is 9.97 Å². The van der Waals surface area contributed by atoms with Gasteiger partial charge in [0.25, 0.3) is 0 Å². The summed E-state index contributed by atoms with van der Waals surface area (Å²) in [6.45, 7) is 1.95. The number of hydrogen-bond donors (Lipinski definition) is 3. The molecule has 4 N–H and O–H groups in total. The molecule has 0 unspecified atom stereocenters. The van der Waals surface area contributed by atoms with Gasteiger partial charge in [-0.3, -0.25) is 0 Å². The summed E-state index contributed by atoms with van der Waals surface area (Å²) in [5.41, 5.74) is 7.62. The summed E-state index contributed by atoms with van der Waals surface area (Å²) in [7, 11) is 0. The van der Waals surface area contributed by atoms with Crippen LogP contribution in [0.25, 0.3) is 11.0 Å². The third kappa shape index (κ3) is 2.22. The van der Waals surface area contributed by atoms with Crippen molar-refractivity contribution in [2.75, 3.05) is 24.1 Å². The number of anilines is 2. The predicted molar refractivity (Wildman–Crippen MR) is 73.5 cm³/mol. The summed E-state index contributed by atoms with van der Waals surface area (Å²) in [6, 6.07) is 8.26. The van der Waals surface area contributed by atoms with Crippen LogP contribution in [0.3, 0.4) is 0 Å². The van der Waals surface area contributed by atoms with Crippen molar-refractivity contribution < 1.29 is 0 Å². The van der Waals surface area contributed by atoms with Gasteiger partial charge in [0.2, 0.25) is 0 Å². The Kier molecular flexibility index (Phi) is 2.98. The number of nitrogens with two attached hydrogens (primary N) is 1. The monoisotopic (exact) mass is 243 g/mol. The van der Waals surface area contributed by atoms with Crippen LogP contribution in [0.15, 0.2) is 24.3 Å². The molecule has 0 saturated carbocycles. The van der Waals surface area contributed by atoms with Crippen molar-refractivity contribution in [1.82, 2.24) is 15.3 Å². The molecule has 1 saturated heterocycles. The quantitative estimate of drug-likeness (QED) is 0.759. The van der Waals surface area contributed by atoms with Gasteiger partial charge in [0.05, 0.1) is 11.0 Å². The van der Waals surface area contributed by atoms with Crippen molar-refractivity contribution in [3.05, 3.63) is 24.3 Å². The van der Waals surface area contributed by atoms with Gasteiger partial charge in [0.15, 0.2) is 11.6 Å². The summed E-state index contributed by atoms with van der Waals surface area (Å²) in [5, 5.41) is 6.72. The van der Waals surface area contributed by atoms with Gasteiger partial charge >= 0.3 is 0 Å². The second-order valence-corrected chi connectivity index (χ2v) is 4.62. The molecule has 1 aromatic heterocycles. The zero-order valence-electron chi connectivity index (χ0n) is 10.2. The Balaban J connectivity index is 1.80. The van der Waals surface area contributed by atoms with E-state index in [2.05, 4.69) is 20.6 Å². The van der Waals surface area contributed by atoms with E-state index >= 15 is 0 Å². The zero-order valence-corrected chi connectivity index (χ0v) is 10.2. The fourth-order valence-corrected chi connectivity index (χ4v) is 2.29. The minimum atomic E-state index is 0.465. The van der Waals surface area contributed by atoms with Crippen LogP contribution in [-0.2, 0) is 0 Å². The summed E-state index contributed by atoms with van der Waals surface area (Å²) in [5.74, 6) is 1.15. The predicted octanol–water partition coefficient (Wildman–Crippen LogP) is 1.38. The van der Waals surface area contributed by atoms with Crippen molar-refractivity contribution in [2.45, 2.75) is 18.9 Å². The highest BCUT2D eigenvalue weighted by Gasteiger charge is 2.14. The molecule has 0 amide bonds. The van der Waals surface area contributed by atoms with Gasteiger partial charge in [0, 0.05) is 12.6 Å². The normalized spacial score (nSPS) is 19.2. The third-order valence-corrected chi connectivity index (χ3v) is 3.28. The number of hydrogen-bond acceptors (Lipinski definition) is 5. The maximum absolute atomic E-state index is 5.91. The lowest BCUT2D eigenvalue weighted by molar-refractivity contribution is 0.632. The fraction of sp³-hybridized carbons (Fsp3) is 0.385. The summed E-state index contributed by atoms with van der Waals surface area (Å²) >= 11 is 0. The van der Waals surface area contributed by atoms with Gasteiger partial charge in [-0.1, -0.05) is 12.1 Å². The van der Waals surface area contributed by atoms with Crippen LogP contribution in [0, 0.1) is 0 Å². The molecule has 1 aliphatic rings. The average molecular weight is 243 g/mol. The smallest absolute Gasteiger partial charge is 0.169 e. The molecule has 0 radical (unpaired) electrons. The van der Waals surface area contributed by atoms with Crippen LogP contribution in [0.1, 0.15) is 12.8 Å². The highest BCUT2D eigenvalue weighted by molar-refractivity contribution is 5.79. The highest BCUT2D eigenvalue weighted by Crippen LogP contribution is 2.18. The molecule has 3 rings (SSSR count). The maximum atomic E-state index is 5.91. The molecule has 1 atom stereocenters. The lowest BCUT2D eigenvalue weighted by Crippen LogP contribution is -2.29. The van der Waals surface area contributed by atoms with Crippen molar-refractivity contribution in [2.24, 2.45) is 0 Å². The molecule has 5 nitrogen and oxygen atoms in total. The number of fused-ring (bicyclic) bond motifs is 1. The summed E-state index contributed by atoms with van der Waals surface area (Å²) in [6.07, 6.45) is 2.44. The van der Waals surface area contributed by atoms with Crippen molar-refractivity contribution in [3.63, 3.8) is 0 Å². The number of para-hydroxylation sites is 2. The van der Waals surface area contributed by atoms with E-state index in [1.807, 2.05) is 24.3 Å². The number of nitrogen functional groups attached to an aromatic ring is 1. The molecule has 0 bridgehead atoms. The second kappa shape index (κ2) is 4.78. The van der Waals surface area contributed by atoms with Crippen LogP contribution < -0.4 is 16.4 Å². The van der Waals surface area contributed by atoms with E-state index in [9.17, 15) is 0 Å². The van der Waals surface area contributed by atoms with E-state index in [4.69, 9.17) is 5.73 Å². The number of benzene rings is 1. The molecule has 94 valence electrons. The van der Waals surface area contributed by atoms with E-state index in [0.29, 0.717) is 17.7 Å².